The molecule has 0 atom stereocenters. The summed E-state index contributed by atoms with van der Waals surface area (Å²) in [7, 11) is 0. The van der Waals surface area contributed by atoms with E-state index >= 15 is 0 Å². The number of thioether (sulfide) groups is 1. The van der Waals surface area contributed by atoms with Gasteiger partial charge in [0, 0.05) is 23.4 Å². The zero-order chi connectivity index (χ0) is 15.2. The Bertz CT molecular complexity index is 649. The van der Waals surface area contributed by atoms with Crippen molar-refractivity contribution in [1.82, 2.24) is 9.97 Å². The molecule has 2 rings (SSSR count). The first-order chi connectivity index (χ1) is 10.1. The molecule has 0 amide bonds. The van der Waals surface area contributed by atoms with E-state index in [0.717, 1.165) is 15.9 Å². The molecule has 21 heavy (non-hydrogen) atoms. The topological polar surface area (TPSA) is 98.3 Å². The summed E-state index contributed by atoms with van der Waals surface area (Å²) in [5.74, 6) is 0.214. The smallest absolute Gasteiger partial charge is 0.304 e. The van der Waals surface area contributed by atoms with Crippen molar-refractivity contribution in [3.8, 4) is 0 Å². The van der Waals surface area contributed by atoms with Gasteiger partial charge in [0.05, 0.1) is 11.9 Å². The normalized spacial score (nSPS) is 10.9. The molecule has 0 aliphatic heterocycles. The van der Waals surface area contributed by atoms with Crippen LogP contribution in [0, 0.1) is 0 Å². The Morgan fingerprint density at radius 2 is 2.24 bits per heavy atom. The summed E-state index contributed by atoms with van der Waals surface area (Å²) in [6.45, 7) is 2.83. The highest BCUT2D eigenvalue weighted by molar-refractivity contribution is 7.99. The summed E-state index contributed by atoms with van der Waals surface area (Å²) in [6, 6.07) is 5.43. The predicted molar refractivity (Wildman–Crippen MR) is 82.3 cm³/mol. The molecule has 0 aliphatic rings. The molecule has 0 unspecified atom stereocenters. The minimum atomic E-state index is -0.824. The van der Waals surface area contributed by atoms with Crippen LogP contribution in [0.4, 0.5) is 5.69 Å². The highest BCUT2D eigenvalue weighted by Crippen LogP contribution is 2.27. The molecule has 7 heteroatoms. The number of nitrogens with zero attached hydrogens (tertiary/aromatic N) is 2. The van der Waals surface area contributed by atoms with E-state index in [1.54, 1.807) is 6.07 Å². The minimum Gasteiger partial charge on any atom is -0.481 e. The number of carboxylic acid groups (broad SMARTS) is 1. The fourth-order valence-electron chi connectivity index (χ4n) is 1.77. The van der Waals surface area contributed by atoms with Crippen LogP contribution < -0.4 is 5.73 Å². The van der Waals surface area contributed by atoms with E-state index in [9.17, 15) is 4.79 Å². The molecule has 1 aromatic carbocycles. The van der Waals surface area contributed by atoms with Gasteiger partial charge in [0.25, 0.3) is 0 Å². The Morgan fingerprint density at radius 3 is 2.95 bits per heavy atom. The lowest BCUT2D eigenvalue weighted by Gasteiger charge is -2.08. The van der Waals surface area contributed by atoms with Crippen LogP contribution in [-0.4, -0.2) is 33.4 Å². The van der Waals surface area contributed by atoms with E-state index in [2.05, 4.69) is 9.97 Å². The lowest BCUT2D eigenvalue weighted by molar-refractivity contribution is -0.136. The first-order valence-electron chi connectivity index (χ1n) is 6.58. The number of carboxylic acids is 1. The number of carbonyl (C=O) groups is 1. The molecular formula is C14H17N3O3S. The Hall–Kier alpha value is -1.86. The van der Waals surface area contributed by atoms with Crippen molar-refractivity contribution in [2.24, 2.45) is 0 Å². The van der Waals surface area contributed by atoms with Crippen molar-refractivity contribution in [3.63, 3.8) is 0 Å². The van der Waals surface area contributed by atoms with Crippen molar-refractivity contribution < 1.29 is 14.6 Å². The molecule has 0 aliphatic carbocycles. The number of benzene rings is 1. The third kappa shape index (κ3) is 4.30. The maximum absolute atomic E-state index is 10.6. The molecule has 0 fully saturated rings. The maximum Gasteiger partial charge on any atom is 0.304 e. The van der Waals surface area contributed by atoms with E-state index in [-0.39, 0.29) is 6.42 Å². The average Bonchev–Trinajstić information content (AvgIpc) is 2.45. The molecule has 1 aromatic heterocycles. The molecule has 2 aromatic rings. The Morgan fingerprint density at radius 1 is 1.43 bits per heavy atom. The van der Waals surface area contributed by atoms with Crippen molar-refractivity contribution in [3.05, 3.63) is 24.0 Å². The molecule has 1 heterocycles. The summed E-state index contributed by atoms with van der Waals surface area (Å²) >= 11 is 1.39. The van der Waals surface area contributed by atoms with Crippen LogP contribution >= 0.6 is 11.8 Å². The average molecular weight is 307 g/mol. The van der Waals surface area contributed by atoms with Gasteiger partial charge >= 0.3 is 5.97 Å². The Balaban J connectivity index is 2.32. The van der Waals surface area contributed by atoms with Crippen molar-refractivity contribution >= 4 is 34.3 Å². The van der Waals surface area contributed by atoms with Crippen LogP contribution in [0.15, 0.2) is 23.2 Å². The second-order valence-electron chi connectivity index (χ2n) is 4.35. The second kappa shape index (κ2) is 7.24. The van der Waals surface area contributed by atoms with Gasteiger partial charge in [-0.15, -0.1) is 11.8 Å². The molecule has 112 valence electrons. The third-order valence-electron chi connectivity index (χ3n) is 2.72. The molecule has 0 saturated heterocycles. The van der Waals surface area contributed by atoms with Gasteiger partial charge in [0.2, 0.25) is 0 Å². The summed E-state index contributed by atoms with van der Waals surface area (Å²) in [5, 5.41) is 10.3. The van der Waals surface area contributed by atoms with Crippen LogP contribution in [0.1, 0.15) is 19.2 Å². The second-order valence-corrected chi connectivity index (χ2v) is 5.43. The molecule has 0 spiro atoms. The van der Waals surface area contributed by atoms with Crippen LogP contribution in [0.5, 0.6) is 0 Å². The van der Waals surface area contributed by atoms with E-state index in [1.807, 2.05) is 19.1 Å². The summed E-state index contributed by atoms with van der Waals surface area (Å²) in [5.41, 5.74) is 7.22. The third-order valence-corrected chi connectivity index (χ3v) is 3.71. The molecule has 6 nitrogen and oxygen atoms in total. The molecule has 0 radical (unpaired) electrons. The number of anilines is 1. The summed E-state index contributed by atoms with van der Waals surface area (Å²) in [4.78, 5) is 19.5. The van der Waals surface area contributed by atoms with Crippen LogP contribution in [0.3, 0.4) is 0 Å². The number of nitrogen functional groups attached to an aromatic ring is 1. The Labute approximate surface area is 126 Å². The SMILES string of the molecule is CCOCc1nc(SCCC(=O)O)c2cc(N)ccc2n1. The van der Waals surface area contributed by atoms with Gasteiger partial charge in [0.15, 0.2) is 5.82 Å². The van der Waals surface area contributed by atoms with Crippen molar-refractivity contribution in [1.29, 1.82) is 0 Å². The lowest BCUT2D eigenvalue weighted by Crippen LogP contribution is -2.02. The highest BCUT2D eigenvalue weighted by Gasteiger charge is 2.10. The van der Waals surface area contributed by atoms with Crippen LogP contribution in [0.2, 0.25) is 0 Å². The summed E-state index contributed by atoms with van der Waals surface area (Å²) < 4.78 is 5.34. The van der Waals surface area contributed by atoms with Gasteiger partial charge in [-0.1, -0.05) is 0 Å². The van der Waals surface area contributed by atoms with Gasteiger partial charge < -0.3 is 15.6 Å². The monoisotopic (exact) mass is 307 g/mol. The standard InChI is InChI=1S/C14H17N3O3S/c1-2-20-8-12-16-11-4-3-9(15)7-10(11)14(17-12)21-6-5-13(18)19/h3-4,7H,2,5-6,8,15H2,1H3,(H,18,19). The fourth-order valence-corrected chi connectivity index (χ4v) is 2.73. The first-order valence-corrected chi connectivity index (χ1v) is 7.57. The number of fused-ring (bicyclic) bond motifs is 1. The maximum atomic E-state index is 10.6. The molecule has 3 N–H and O–H groups in total. The molecule has 0 bridgehead atoms. The van der Waals surface area contributed by atoms with Gasteiger partial charge in [-0.2, -0.15) is 0 Å². The molecule has 0 saturated carbocycles. The number of aromatic nitrogens is 2. The number of hydrogen-bond donors (Lipinski definition) is 2. The fraction of sp³-hybridized carbons (Fsp3) is 0.357. The number of nitrogens with two attached hydrogens (primary N) is 1. The zero-order valence-corrected chi connectivity index (χ0v) is 12.5. The highest BCUT2D eigenvalue weighted by atomic mass is 32.2. The number of rotatable bonds is 7. The zero-order valence-electron chi connectivity index (χ0n) is 11.7. The van der Waals surface area contributed by atoms with Gasteiger partial charge in [-0.05, 0) is 25.1 Å². The van der Waals surface area contributed by atoms with Crippen LogP contribution in [-0.2, 0) is 16.1 Å². The largest absolute Gasteiger partial charge is 0.481 e. The van der Waals surface area contributed by atoms with E-state index in [0.29, 0.717) is 30.5 Å². The minimum absolute atomic E-state index is 0.0826. The van der Waals surface area contributed by atoms with Gasteiger partial charge in [-0.25, -0.2) is 9.97 Å². The predicted octanol–water partition coefficient (Wildman–Crippen LogP) is 2.32. The summed E-state index contributed by atoms with van der Waals surface area (Å²) in [6.07, 6.45) is 0.0826. The number of aliphatic carboxylic acids is 1. The van der Waals surface area contributed by atoms with Crippen molar-refractivity contribution in [2.45, 2.75) is 25.0 Å². The van der Waals surface area contributed by atoms with E-state index in [1.165, 1.54) is 11.8 Å². The first kappa shape index (κ1) is 15.5. The van der Waals surface area contributed by atoms with E-state index in [4.69, 9.17) is 15.6 Å². The van der Waals surface area contributed by atoms with Crippen molar-refractivity contribution in [2.75, 3.05) is 18.1 Å². The number of hydrogen-bond acceptors (Lipinski definition) is 6. The van der Waals surface area contributed by atoms with Gasteiger partial charge in [-0.3, -0.25) is 4.79 Å². The Kier molecular flexibility index (Phi) is 5.35. The number of ether oxygens (including phenoxy) is 1. The van der Waals surface area contributed by atoms with Gasteiger partial charge in [0.1, 0.15) is 11.6 Å². The lowest BCUT2D eigenvalue weighted by atomic mass is 10.2. The molecular weight excluding hydrogens is 290 g/mol. The van der Waals surface area contributed by atoms with E-state index < -0.39 is 5.97 Å². The van der Waals surface area contributed by atoms with Crippen LogP contribution in [0.25, 0.3) is 10.9 Å². The quantitative estimate of drug-likeness (QED) is 0.460.